The highest BCUT2D eigenvalue weighted by molar-refractivity contribution is 5.99. The van der Waals surface area contributed by atoms with Gasteiger partial charge in [-0.15, -0.1) is 0 Å². The summed E-state index contributed by atoms with van der Waals surface area (Å²) in [6, 6.07) is 8.41. The van der Waals surface area contributed by atoms with Crippen molar-refractivity contribution < 1.29 is 9.53 Å². The summed E-state index contributed by atoms with van der Waals surface area (Å²) in [4.78, 5) is 14.6. The zero-order chi connectivity index (χ0) is 13.9. The van der Waals surface area contributed by atoms with E-state index in [1.165, 1.54) is 11.3 Å². The molecule has 0 amide bonds. The number of anilines is 1. The topological polar surface area (TPSA) is 29.5 Å². The number of ether oxygens (including phenoxy) is 1. The second-order valence-corrected chi connectivity index (χ2v) is 6.27. The SMILES string of the molecule is CN1c2ccccc2C2CC1(C)OC1=C2C(=O)CCC1. The van der Waals surface area contributed by atoms with Gasteiger partial charge in [-0.3, -0.25) is 4.79 Å². The maximum atomic E-state index is 12.4. The average molecular weight is 269 g/mol. The molecule has 0 saturated carbocycles. The number of fused-ring (bicyclic) bond motifs is 5. The first kappa shape index (κ1) is 12.0. The van der Waals surface area contributed by atoms with Crippen molar-refractivity contribution in [3.05, 3.63) is 41.2 Å². The van der Waals surface area contributed by atoms with Crippen LogP contribution < -0.4 is 4.90 Å². The number of para-hydroxylation sites is 1. The number of allylic oxidation sites excluding steroid dienone is 2. The summed E-state index contributed by atoms with van der Waals surface area (Å²) in [5.74, 6) is 1.45. The quantitative estimate of drug-likeness (QED) is 0.723. The Morgan fingerprint density at radius 1 is 1.30 bits per heavy atom. The van der Waals surface area contributed by atoms with Crippen LogP contribution in [0.5, 0.6) is 0 Å². The predicted molar refractivity (Wildman–Crippen MR) is 77.6 cm³/mol. The number of carbonyl (C=O) groups is 1. The largest absolute Gasteiger partial charge is 0.472 e. The summed E-state index contributed by atoms with van der Waals surface area (Å²) in [5, 5.41) is 0. The lowest BCUT2D eigenvalue weighted by molar-refractivity contribution is -0.118. The fourth-order valence-electron chi connectivity index (χ4n) is 3.93. The van der Waals surface area contributed by atoms with E-state index in [-0.39, 0.29) is 17.4 Å². The molecule has 0 saturated heterocycles. The number of hydrogen-bond donors (Lipinski definition) is 0. The highest BCUT2D eigenvalue weighted by Crippen LogP contribution is 2.53. The molecule has 0 N–H and O–H groups in total. The molecule has 1 aliphatic carbocycles. The number of nitrogens with zero attached hydrogens (tertiary/aromatic N) is 1. The van der Waals surface area contributed by atoms with Crippen LogP contribution >= 0.6 is 0 Å². The van der Waals surface area contributed by atoms with Gasteiger partial charge in [0.25, 0.3) is 0 Å². The van der Waals surface area contributed by atoms with Crippen LogP contribution in [0.25, 0.3) is 0 Å². The Morgan fingerprint density at radius 2 is 2.10 bits per heavy atom. The molecule has 2 bridgehead atoms. The van der Waals surface area contributed by atoms with E-state index < -0.39 is 0 Å². The lowest BCUT2D eigenvalue weighted by atomic mass is 9.73. The van der Waals surface area contributed by atoms with Gasteiger partial charge in [-0.2, -0.15) is 0 Å². The molecule has 0 radical (unpaired) electrons. The van der Waals surface area contributed by atoms with Crippen molar-refractivity contribution in [1.82, 2.24) is 0 Å². The molecule has 0 aromatic heterocycles. The lowest BCUT2D eigenvalue weighted by Gasteiger charge is -2.52. The average Bonchev–Trinajstić information content (AvgIpc) is 2.44. The number of carbonyl (C=O) groups excluding carboxylic acids is 1. The monoisotopic (exact) mass is 269 g/mol. The van der Waals surface area contributed by atoms with Gasteiger partial charge < -0.3 is 9.64 Å². The molecule has 104 valence electrons. The molecule has 2 unspecified atom stereocenters. The summed E-state index contributed by atoms with van der Waals surface area (Å²) in [6.45, 7) is 2.14. The highest BCUT2D eigenvalue weighted by Gasteiger charge is 2.49. The second-order valence-electron chi connectivity index (χ2n) is 6.27. The van der Waals surface area contributed by atoms with E-state index in [1.54, 1.807) is 0 Å². The minimum atomic E-state index is -0.324. The first-order valence-electron chi connectivity index (χ1n) is 7.38. The lowest BCUT2D eigenvalue weighted by Crippen LogP contribution is -2.53. The first-order chi connectivity index (χ1) is 9.60. The molecule has 4 rings (SSSR count). The Morgan fingerprint density at radius 3 is 2.95 bits per heavy atom. The van der Waals surface area contributed by atoms with Crippen LogP contribution in [0.1, 0.15) is 44.1 Å². The van der Waals surface area contributed by atoms with Gasteiger partial charge in [0.2, 0.25) is 0 Å². The van der Waals surface area contributed by atoms with E-state index in [1.807, 2.05) is 0 Å². The zero-order valence-corrected chi connectivity index (χ0v) is 12.0. The third-order valence-electron chi connectivity index (χ3n) is 5.07. The molecule has 3 heteroatoms. The number of Topliss-reactive ketones (excluding diaryl/α,β-unsaturated/α-hetero) is 1. The molecule has 0 fully saturated rings. The van der Waals surface area contributed by atoms with Crippen LogP contribution in [-0.4, -0.2) is 18.6 Å². The Kier molecular flexibility index (Phi) is 2.33. The Labute approximate surface area is 119 Å². The van der Waals surface area contributed by atoms with Gasteiger partial charge in [0.15, 0.2) is 11.5 Å². The van der Waals surface area contributed by atoms with Crippen LogP contribution in [0.3, 0.4) is 0 Å². The molecule has 2 atom stereocenters. The minimum absolute atomic E-state index is 0.212. The number of ketones is 1. The van der Waals surface area contributed by atoms with E-state index in [9.17, 15) is 4.79 Å². The standard InChI is InChI=1S/C17H19NO2/c1-17-10-12(11-6-3-4-7-13(11)18(17)2)16-14(19)8-5-9-15(16)20-17/h3-4,6-7,12H,5,8-10H2,1-2H3. The Hall–Kier alpha value is -1.77. The maximum Gasteiger partial charge on any atom is 0.180 e. The summed E-state index contributed by atoms with van der Waals surface area (Å²) in [7, 11) is 2.09. The maximum absolute atomic E-state index is 12.4. The first-order valence-corrected chi connectivity index (χ1v) is 7.38. The third kappa shape index (κ3) is 1.43. The Balaban J connectivity index is 1.95. The fraction of sp³-hybridized carbons (Fsp3) is 0.471. The van der Waals surface area contributed by atoms with Crippen LogP contribution in [0.4, 0.5) is 5.69 Å². The van der Waals surface area contributed by atoms with Crippen molar-refractivity contribution in [2.24, 2.45) is 0 Å². The predicted octanol–water partition coefficient (Wildman–Crippen LogP) is 3.36. The van der Waals surface area contributed by atoms with Gasteiger partial charge >= 0.3 is 0 Å². The summed E-state index contributed by atoms with van der Waals surface area (Å²) in [6.07, 6.45) is 3.37. The molecule has 20 heavy (non-hydrogen) atoms. The van der Waals surface area contributed by atoms with Crippen LogP contribution in [0, 0.1) is 0 Å². The molecule has 3 aliphatic rings. The van der Waals surface area contributed by atoms with E-state index in [2.05, 4.69) is 43.1 Å². The van der Waals surface area contributed by atoms with Crippen LogP contribution in [-0.2, 0) is 9.53 Å². The molecule has 2 heterocycles. The van der Waals surface area contributed by atoms with E-state index in [0.717, 1.165) is 30.6 Å². The summed E-state index contributed by atoms with van der Waals surface area (Å²) >= 11 is 0. The van der Waals surface area contributed by atoms with Crippen molar-refractivity contribution in [3.8, 4) is 0 Å². The van der Waals surface area contributed by atoms with Gasteiger partial charge in [0, 0.05) is 43.5 Å². The van der Waals surface area contributed by atoms with E-state index in [4.69, 9.17) is 4.74 Å². The third-order valence-corrected chi connectivity index (χ3v) is 5.07. The van der Waals surface area contributed by atoms with Gasteiger partial charge in [-0.05, 0) is 25.0 Å². The second kappa shape index (κ2) is 3.87. The zero-order valence-electron chi connectivity index (χ0n) is 12.0. The molecule has 2 aliphatic heterocycles. The Bertz CT molecular complexity index is 634. The van der Waals surface area contributed by atoms with Gasteiger partial charge in [0.05, 0.1) is 0 Å². The van der Waals surface area contributed by atoms with Crippen LogP contribution in [0.2, 0.25) is 0 Å². The highest BCUT2D eigenvalue weighted by atomic mass is 16.5. The van der Waals surface area contributed by atoms with Crippen molar-refractivity contribution in [3.63, 3.8) is 0 Å². The molecule has 0 spiro atoms. The van der Waals surface area contributed by atoms with E-state index >= 15 is 0 Å². The molecule has 1 aromatic carbocycles. The number of hydrogen-bond acceptors (Lipinski definition) is 3. The minimum Gasteiger partial charge on any atom is -0.472 e. The molecule has 3 nitrogen and oxygen atoms in total. The van der Waals surface area contributed by atoms with Crippen molar-refractivity contribution >= 4 is 11.5 Å². The molecule has 1 aromatic rings. The molecular formula is C17H19NO2. The smallest absolute Gasteiger partial charge is 0.180 e. The fourth-order valence-corrected chi connectivity index (χ4v) is 3.93. The number of rotatable bonds is 0. The van der Waals surface area contributed by atoms with Gasteiger partial charge in [-0.25, -0.2) is 0 Å². The van der Waals surface area contributed by atoms with E-state index in [0.29, 0.717) is 6.42 Å². The van der Waals surface area contributed by atoms with Gasteiger partial charge in [0.1, 0.15) is 5.76 Å². The van der Waals surface area contributed by atoms with Crippen LogP contribution in [0.15, 0.2) is 35.6 Å². The van der Waals surface area contributed by atoms with Crippen molar-refractivity contribution in [1.29, 1.82) is 0 Å². The van der Waals surface area contributed by atoms with Crippen molar-refractivity contribution in [2.75, 3.05) is 11.9 Å². The van der Waals surface area contributed by atoms with Gasteiger partial charge in [-0.1, -0.05) is 18.2 Å². The summed E-state index contributed by atoms with van der Waals surface area (Å²) in [5.41, 5.74) is 3.10. The molecular weight excluding hydrogens is 250 g/mol. The van der Waals surface area contributed by atoms with Crippen molar-refractivity contribution in [2.45, 2.75) is 44.2 Å². The normalized spacial score (nSPS) is 31.6. The summed E-state index contributed by atoms with van der Waals surface area (Å²) < 4.78 is 6.27. The number of benzene rings is 1.